The summed E-state index contributed by atoms with van der Waals surface area (Å²) in [4.78, 5) is 24.7. The van der Waals surface area contributed by atoms with Gasteiger partial charge in [0.25, 0.3) is 5.91 Å². The molecule has 4 aromatic rings. The Hall–Kier alpha value is -4.26. The van der Waals surface area contributed by atoms with Crippen LogP contribution in [0.2, 0.25) is 0 Å². The average Bonchev–Trinajstić information content (AvgIpc) is 3.55. The first-order chi connectivity index (χ1) is 17.4. The quantitative estimate of drug-likeness (QED) is 0.350. The van der Waals surface area contributed by atoms with E-state index in [1.54, 1.807) is 24.5 Å². The Morgan fingerprint density at radius 1 is 1.14 bits per heavy atom. The molecule has 11 nitrogen and oxygen atoms in total. The zero-order valence-electron chi connectivity index (χ0n) is 19.5. The molecule has 3 aromatic heterocycles. The summed E-state index contributed by atoms with van der Waals surface area (Å²) in [5.41, 5.74) is 7.25. The Kier molecular flexibility index (Phi) is 6.38. The summed E-state index contributed by atoms with van der Waals surface area (Å²) >= 11 is 0. The van der Waals surface area contributed by atoms with Gasteiger partial charge in [-0.3, -0.25) is 9.69 Å². The molecule has 5 rings (SSSR count). The fourth-order valence-electron chi connectivity index (χ4n) is 4.16. The number of nitrogens with zero attached hydrogens (tertiary/aromatic N) is 6. The molecule has 0 aliphatic carbocycles. The SMILES string of the molecule is CNC(=O)c1cc(N2CCN(CCNc3nc(N)n4nc(-c5ccco5)cc4n3)CC2)c(F)cc1F. The molecule has 0 atom stereocenters. The minimum absolute atomic E-state index is 0.175. The largest absolute Gasteiger partial charge is 0.463 e. The fourth-order valence-corrected chi connectivity index (χ4v) is 4.16. The number of benzene rings is 1. The van der Waals surface area contributed by atoms with Crippen molar-refractivity contribution < 1.29 is 18.0 Å². The Balaban J connectivity index is 1.17. The summed E-state index contributed by atoms with van der Waals surface area (Å²) in [7, 11) is 1.41. The Morgan fingerprint density at radius 2 is 1.94 bits per heavy atom. The molecule has 4 heterocycles. The number of hydrogen-bond donors (Lipinski definition) is 3. The Bertz CT molecular complexity index is 1380. The highest BCUT2D eigenvalue weighted by atomic mass is 19.1. The van der Waals surface area contributed by atoms with Crippen LogP contribution in [0.4, 0.5) is 26.4 Å². The topological polar surface area (TPSA) is 130 Å². The van der Waals surface area contributed by atoms with E-state index in [1.807, 2.05) is 4.90 Å². The standard InChI is InChI=1S/C23H25F2N9O2/c1-27-21(35)14-11-18(16(25)12-15(14)24)33-8-6-32(7-9-33)5-4-28-23-29-20-13-17(19-3-2-10-36-19)31-34(20)22(26)30-23/h2-3,10-13H,4-9H2,1H3,(H,27,35)(H3,26,28,29,30). The lowest BCUT2D eigenvalue weighted by Gasteiger charge is -2.36. The van der Waals surface area contributed by atoms with Gasteiger partial charge >= 0.3 is 0 Å². The van der Waals surface area contributed by atoms with E-state index >= 15 is 0 Å². The fraction of sp³-hybridized carbons (Fsp3) is 0.304. The number of carbonyl (C=O) groups excluding carboxylic acids is 1. The molecule has 13 heteroatoms. The number of nitrogens with two attached hydrogens (primary N) is 1. The van der Waals surface area contributed by atoms with Gasteiger partial charge in [0.05, 0.1) is 17.5 Å². The summed E-state index contributed by atoms with van der Waals surface area (Å²) in [6.45, 7) is 3.69. The van der Waals surface area contributed by atoms with Crippen LogP contribution in [0, 0.1) is 11.6 Å². The van der Waals surface area contributed by atoms with Crippen LogP contribution in [0.15, 0.2) is 41.0 Å². The molecule has 1 amide bonds. The molecular weight excluding hydrogens is 472 g/mol. The van der Waals surface area contributed by atoms with Crippen molar-refractivity contribution in [2.75, 3.05) is 62.3 Å². The molecule has 4 N–H and O–H groups in total. The number of anilines is 3. The van der Waals surface area contributed by atoms with E-state index in [2.05, 4.69) is 30.6 Å². The molecule has 1 aromatic carbocycles. The molecule has 0 unspecified atom stereocenters. The van der Waals surface area contributed by atoms with E-state index in [0.717, 1.165) is 6.07 Å². The summed E-state index contributed by atoms with van der Waals surface area (Å²) < 4.78 is 35.2. The zero-order valence-corrected chi connectivity index (χ0v) is 19.5. The lowest BCUT2D eigenvalue weighted by atomic mass is 10.1. The number of halogens is 2. The van der Waals surface area contributed by atoms with Gasteiger partial charge in [0.15, 0.2) is 11.4 Å². The Labute approximate surface area is 204 Å². The summed E-state index contributed by atoms with van der Waals surface area (Å²) in [6.07, 6.45) is 1.57. The second-order valence-electron chi connectivity index (χ2n) is 8.30. The lowest BCUT2D eigenvalue weighted by Crippen LogP contribution is -2.48. The van der Waals surface area contributed by atoms with Crippen molar-refractivity contribution in [2.45, 2.75) is 0 Å². The van der Waals surface area contributed by atoms with E-state index in [9.17, 15) is 13.6 Å². The van der Waals surface area contributed by atoms with Gasteiger partial charge in [-0.15, -0.1) is 0 Å². The van der Waals surface area contributed by atoms with Gasteiger partial charge in [-0.2, -0.15) is 19.6 Å². The van der Waals surface area contributed by atoms with Gasteiger partial charge in [0.1, 0.15) is 17.3 Å². The number of carbonyl (C=O) groups is 1. The van der Waals surface area contributed by atoms with Crippen molar-refractivity contribution >= 4 is 29.1 Å². The number of rotatable bonds is 7. The molecule has 1 aliphatic heterocycles. The number of piperazine rings is 1. The first-order valence-corrected chi connectivity index (χ1v) is 11.4. The third-order valence-corrected chi connectivity index (χ3v) is 6.05. The monoisotopic (exact) mass is 497 g/mol. The van der Waals surface area contributed by atoms with Gasteiger partial charge in [-0.25, -0.2) is 8.78 Å². The highest BCUT2D eigenvalue weighted by Crippen LogP contribution is 2.25. The van der Waals surface area contributed by atoms with Crippen LogP contribution in [0.3, 0.4) is 0 Å². The van der Waals surface area contributed by atoms with Crippen molar-refractivity contribution in [3.63, 3.8) is 0 Å². The molecule has 0 spiro atoms. The molecule has 36 heavy (non-hydrogen) atoms. The number of aromatic nitrogens is 4. The number of amides is 1. The normalized spacial score (nSPS) is 14.4. The second-order valence-corrected chi connectivity index (χ2v) is 8.30. The highest BCUT2D eigenvalue weighted by Gasteiger charge is 2.23. The predicted molar refractivity (Wildman–Crippen MR) is 130 cm³/mol. The van der Waals surface area contributed by atoms with E-state index in [4.69, 9.17) is 10.2 Å². The van der Waals surface area contributed by atoms with E-state index in [-0.39, 0.29) is 17.2 Å². The van der Waals surface area contributed by atoms with Crippen LogP contribution < -0.4 is 21.3 Å². The van der Waals surface area contributed by atoms with Gasteiger partial charge in [-0.05, 0) is 18.2 Å². The molecule has 0 bridgehead atoms. The highest BCUT2D eigenvalue weighted by molar-refractivity contribution is 5.95. The molecule has 1 aliphatic rings. The third-order valence-electron chi connectivity index (χ3n) is 6.05. The van der Waals surface area contributed by atoms with Crippen molar-refractivity contribution in [1.29, 1.82) is 0 Å². The zero-order chi connectivity index (χ0) is 25.2. The van der Waals surface area contributed by atoms with E-state index in [1.165, 1.54) is 17.6 Å². The number of fused-ring (bicyclic) bond motifs is 1. The molecule has 1 fully saturated rings. The summed E-state index contributed by atoms with van der Waals surface area (Å²) in [6, 6.07) is 7.38. The average molecular weight is 498 g/mol. The molecule has 1 saturated heterocycles. The first-order valence-electron chi connectivity index (χ1n) is 11.4. The van der Waals surface area contributed by atoms with Crippen LogP contribution in [0.25, 0.3) is 17.1 Å². The molecule has 0 radical (unpaired) electrons. The minimum atomic E-state index is -0.880. The van der Waals surface area contributed by atoms with Crippen LogP contribution in [-0.4, -0.2) is 76.7 Å². The maximum absolute atomic E-state index is 14.4. The number of nitrogen functional groups attached to an aromatic ring is 1. The number of hydrogen-bond acceptors (Lipinski definition) is 9. The first kappa shape index (κ1) is 23.5. The summed E-state index contributed by atoms with van der Waals surface area (Å²) in [5, 5.41) is 9.93. The molecule has 0 saturated carbocycles. The van der Waals surface area contributed by atoms with E-state index in [0.29, 0.717) is 62.3 Å². The van der Waals surface area contributed by atoms with Gasteiger partial charge in [-0.1, -0.05) is 0 Å². The van der Waals surface area contributed by atoms with Crippen molar-refractivity contribution in [3.05, 3.63) is 53.8 Å². The van der Waals surface area contributed by atoms with Crippen LogP contribution in [0.1, 0.15) is 10.4 Å². The third kappa shape index (κ3) is 4.64. The van der Waals surface area contributed by atoms with E-state index < -0.39 is 17.5 Å². The van der Waals surface area contributed by atoms with Gasteiger partial charge in [0, 0.05) is 58.4 Å². The van der Waals surface area contributed by atoms with Crippen LogP contribution >= 0.6 is 0 Å². The van der Waals surface area contributed by atoms with Gasteiger partial charge in [0.2, 0.25) is 11.9 Å². The summed E-state index contributed by atoms with van der Waals surface area (Å²) in [5.74, 6) is -0.956. The predicted octanol–water partition coefficient (Wildman–Crippen LogP) is 1.84. The Morgan fingerprint density at radius 3 is 2.67 bits per heavy atom. The maximum Gasteiger partial charge on any atom is 0.254 e. The maximum atomic E-state index is 14.4. The van der Waals surface area contributed by atoms with Crippen LogP contribution in [-0.2, 0) is 0 Å². The van der Waals surface area contributed by atoms with Crippen LogP contribution in [0.5, 0.6) is 0 Å². The van der Waals surface area contributed by atoms with Crippen molar-refractivity contribution in [1.82, 2.24) is 29.8 Å². The number of furan rings is 1. The second kappa shape index (κ2) is 9.77. The molecular formula is C23H25F2N9O2. The minimum Gasteiger partial charge on any atom is -0.463 e. The van der Waals surface area contributed by atoms with Crippen molar-refractivity contribution in [3.8, 4) is 11.5 Å². The van der Waals surface area contributed by atoms with Gasteiger partial charge < -0.3 is 25.7 Å². The molecule has 188 valence electrons. The van der Waals surface area contributed by atoms with Crippen molar-refractivity contribution in [2.24, 2.45) is 0 Å². The lowest BCUT2D eigenvalue weighted by molar-refractivity contribution is 0.0959. The number of nitrogens with one attached hydrogen (secondary N) is 2. The smallest absolute Gasteiger partial charge is 0.254 e.